The van der Waals surface area contributed by atoms with Crippen LogP contribution < -0.4 is 5.30 Å². The number of hydrogen-bond donors (Lipinski definition) is 0. The first kappa shape index (κ1) is 8.97. The summed E-state index contributed by atoms with van der Waals surface area (Å²) in [7, 11) is -0.891. The molecule has 1 aliphatic rings. The lowest BCUT2D eigenvalue weighted by atomic mass is 10.2. The Morgan fingerprint density at radius 2 is 2.00 bits per heavy atom. The first-order chi connectivity index (χ1) is 6.26. The summed E-state index contributed by atoms with van der Waals surface area (Å²) in [5, 5.41) is 1.61. The van der Waals surface area contributed by atoms with Gasteiger partial charge in [-0.15, -0.1) is 0 Å². The summed E-state index contributed by atoms with van der Waals surface area (Å²) >= 11 is 0. The van der Waals surface area contributed by atoms with Gasteiger partial charge in [-0.1, -0.05) is 56.8 Å². The molecule has 1 aliphatic heterocycles. The van der Waals surface area contributed by atoms with Gasteiger partial charge in [0.15, 0.2) is 0 Å². The van der Waals surface area contributed by atoms with Crippen molar-refractivity contribution >= 4 is 18.6 Å². The van der Waals surface area contributed by atoms with Gasteiger partial charge in [-0.3, -0.25) is 0 Å². The van der Waals surface area contributed by atoms with Crippen LogP contribution >= 0.6 is 7.26 Å². The smallest absolute Gasteiger partial charge is 0.0175 e. The summed E-state index contributed by atoms with van der Waals surface area (Å²) in [6.45, 7) is 4.72. The minimum atomic E-state index is -0.891. The minimum Gasteiger partial charge on any atom is -0.0797 e. The third-order valence-corrected chi connectivity index (χ3v) is 6.45. The average molecular weight is 191 g/mol. The molecule has 1 heterocycles. The van der Waals surface area contributed by atoms with Gasteiger partial charge in [0.2, 0.25) is 0 Å². The van der Waals surface area contributed by atoms with E-state index in [-0.39, 0.29) is 0 Å². The van der Waals surface area contributed by atoms with Crippen molar-refractivity contribution in [2.24, 2.45) is 0 Å². The Bertz CT molecular complexity index is 341. The highest BCUT2D eigenvalue weighted by molar-refractivity contribution is 7.85. The monoisotopic (exact) mass is 191 g/mol. The SMILES string of the molecule is CCC[P]1(C)C=Cc2ccccc21. The highest BCUT2D eigenvalue weighted by Crippen LogP contribution is 2.59. The van der Waals surface area contributed by atoms with E-state index in [0.29, 0.717) is 0 Å². The van der Waals surface area contributed by atoms with Gasteiger partial charge in [0, 0.05) is 0 Å². The minimum absolute atomic E-state index is 0.891. The third-order valence-electron chi connectivity index (χ3n) is 2.76. The van der Waals surface area contributed by atoms with E-state index in [4.69, 9.17) is 0 Å². The summed E-state index contributed by atoms with van der Waals surface area (Å²) in [6, 6.07) is 8.83. The maximum absolute atomic E-state index is 2.46. The van der Waals surface area contributed by atoms with Crippen molar-refractivity contribution in [2.75, 3.05) is 12.8 Å². The molecule has 0 N–H and O–H groups in total. The van der Waals surface area contributed by atoms with Crippen molar-refractivity contribution in [1.82, 2.24) is 0 Å². The van der Waals surface area contributed by atoms with Gasteiger partial charge in [0.1, 0.15) is 0 Å². The van der Waals surface area contributed by atoms with E-state index in [1.165, 1.54) is 18.1 Å². The Labute approximate surface area is 81.0 Å². The molecule has 0 spiro atoms. The maximum Gasteiger partial charge on any atom is -0.0175 e. The molecule has 1 radical (unpaired) electrons. The number of hydrogen-bond acceptors (Lipinski definition) is 0. The standard InChI is InChI=1S/C12H16P/c1-3-9-13(2)10-8-11-6-4-5-7-12(11)13/h4-8,10H,3,9H2,1-2H3. The fourth-order valence-corrected chi connectivity index (χ4v) is 5.21. The second-order valence-corrected chi connectivity index (χ2v) is 7.63. The molecular weight excluding hydrogens is 175 g/mol. The molecule has 0 aromatic heterocycles. The van der Waals surface area contributed by atoms with Crippen LogP contribution in [-0.2, 0) is 0 Å². The number of benzene rings is 1. The quantitative estimate of drug-likeness (QED) is 0.629. The molecular formula is C12H16P. The molecule has 0 amide bonds. The van der Waals surface area contributed by atoms with Crippen molar-refractivity contribution < 1.29 is 0 Å². The Hall–Kier alpha value is -0.610. The molecule has 1 aromatic rings. The maximum atomic E-state index is 2.46. The van der Waals surface area contributed by atoms with Crippen molar-refractivity contribution in [3.8, 4) is 0 Å². The van der Waals surface area contributed by atoms with Gasteiger partial charge in [-0.2, -0.15) is 0 Å². The number of fused-ring (bicyclic) bond motifs is 1. The summed E-state index contributed by atoms with van der Waals surface area (Å²) in [4.78, 5) is 0. The first-order valence-corrected chi connectivity index (χ1v) is 7.39. The van der Waals surface area contributed by atoms with E-state index >= 15 is 0 Å². The van der Waals surface area contributed by atoms with Gasteiger partial charge in [0.05, 0.1) is 0 Å². The fraction of sp³-hybridized carbons (Fsp3) is 0.333. The molecule has 2 rings (SSSR count). The third kappa shape index (κ3) is 1.44. The van der Waals surface area contributed by atoms with E-state index in [9.17, 15) is 0 Å². The van der Waals surface area contributed by atoms with Crippen molar-refractivity contribution in [1.29, 1.82) is 0 Å². The Kier molecular flexibility index (Phi) is 2.26. The van der Waals surface area contributed by atoms with E-state index in [2.05, 4.69) is 49.7 Å². The lowest BCUT2D eigenvalue weighted by Gasteiger charge is -2.26. The van der Waals surface area contributed by atoms with Gasteiger partial charge >= 0.3 is 0 Å². The molecule has 13 heavy (non-hydrogen) atoms. The average Bonchev–Trinajstić information content (AvgIpc) is 2.46. The van der Waals surface area contributed by atoms with E-state index in [1.54, 1.807) is 5.30 Å². The summed E-state index contributed by atoms with van der Waals surface area (Å²) in [5.41, 5.74) is 1.45. The normalized spacial score (nSPS) is 24.8. The van der Waals surface area contributed by atoms with Crippen LogP contribution in [0.15, 0.2) is 30.1 Å². The van der Waals surface area contributed by atoms with Crippen LogP contribution in [-0.4, -0.2) is 12.8 Å². The van der Waals surface area contributed by atoms with Crippen LogP contribution in [0.25, 0.3) is 6.08 Å². The van der Waals surface area contributed by atoms with Gasteiger partial charge < -0.3 is 0 Å². The lowest BCUT2D eigenvalue weighted by molar-refractivity contribution is 1.09. The van der Waals surface area contributed by atoms with Crippen LogP contribution in [0.3, 0.4) is 0 Å². The molecule has 0 fully saturated rings. The molecule has 0 aliphatic carbocycles. The summed E-state index contributed by atoms with van der Waals surface area (Å²) in [5.74, 6) is 2.46. The molecule has 1 unspecified atom stereocenters. The molecule has 0 saturated heterocycles. The van der Waals surface area contributed by atoms with Crippen molar-refractivity contribution in [3.05, 3.63) is 35.6 Å². The Morgan fingerprint density at radius 3 is 2.77 bits per heavy atom. The zero-order chi connectivity index (χ0) is 9.31. The van der Waals surface area contributed by atoms with Crippen LogP contribution in [0.5, 0.6) is 0 Å². The predicted octanol–water partition coefficient (Wildman–Crippen LogP) is 3.35. The summed E-state index contributed by atoms with van der Waals surface area (Å²) in [6.07, 6.45) is 4.96. The van der Waals surface area contributed by atoms with Crippen molar-refractivity contribution in [2.45, 2.75) is 13.3 Å². The second kappa shape index (κ2) is 3.27. The molecule has 0 saturated carbocycles. The predicted molar refractivity (Wildman–Crippen MR) is 63.1 cm³/mol. The second-order valence-electron chi connectivity index (χ2n) is 3.87. The molecule has 1 aromatic carbocycles. The van der Waals surface area contributed by atoms with Gasteiger partial charge in [0.25, 0.3) is 0 Å². The Balaban J connectivity index is 2.42. The first-order valence-electron chi connectivity index (χ1n) is 4.90. The molecule has 0 nitrogen and oxygen atoms in total. The van der Waals surface area contributed by atoms with Crippen LogP contribution in [0.4, 0.5) is 0 Å². The number of rotatable bonds is 2. The summed E-state index contributed by atoms with van der Waals surface area (Å²) < 4.78 is 0. The van der Waals surface area contributed by atoms with Crippen LogP contribution in [0.1, 0.15) is 18.9 Å². The van der Waals surface area contributed by atoms with E-state index < -0.39 is 7.26 Å². The van der Waals surface area contributed by atoms with Crippen LogP contribution in [0.2, 0.25) is 0 Å². The largest absolute Gasteiger partial charge is 0.0797 e. The van der Waals surface area contributed by atoms with E-state index in [0.717, 1.165) is 0 Å². The van der Waals surface area contributed by atoms with E-state index in [1.807, 2.05) is 0 Å². The van der Waals surface area contributed by atoms with Crippen molar-refractivity contribution in [3.63, 3.8) is 0 Å². The zero-order valence-corrected chi connectivity index (χ0v) is 9.22. The zero-order valence-electron chi connectivity index (χ0n) is 8.33. The highest BCUT2D eigenvalue weighted by Gasteiger charge is 2.25. The van der Waals surface area contributed by atoms with Gasteiger partial charge in [-0.25, -0.2) is 0 Å². The molecule has 0 bridgehead atoms. The molecule has 69 valence electrons. The lowest BCUT2D eigenvalue weighted by Crippen LogP contribution is -2.10. The molecule has 1 atom stereocenters. The van der Waals surface area contributed by atoms with Gasteiger partial charge in [-0.05, 0) is 23.7 Å². The molecule has 1 heteroatoms. The van der Waals surface area contributed by atoms with Crippen LogP contribution in [0, 0.1) is 0 Å². The Morgan fingerprint density at radius 1 is 1.23 bits per heavy atom. The fourth-order valence-electron chi connectivity index (χ4n) is 2.08. The highest BCUT2D eigenvalue weighted by atomic mass is 31.2. The topological polar surface area (TPSA) is 0 Å².